The van der Waals surface area contributed by atoms with Gasteiger partial charge in [0.15, 0.2) is 0 Å². The second-order valence-electron chi connectivity index (χ2n) is 14.9. The van der Waals surface area contributed by atoms with Gasteiger partial charge in [-0.1, -0.05) is 0 Å². The van der Waals surface area contributed by atoms with Crippen LogP contribution in [0.25, 0.3) is 0 Å². The fourth-order valence-corrected chi connectivity index (χ4v) is 40.3. The molecule has 0 aliphatic carbocycles. The molecular weight excluding hydrogens is 771 g/mol. The van der Waals surface area contributed by atoms with Crippen molar-refractivity contribution in [2.24, 2.45) is 18.1 Å². The van der Waals surface area contributed by atoms with Crippen molar-refractivity contribution in [2.45, 2.75) is 4.90 Å². The van der Waals surface area contributed by atoms with Crippen molar-refractivity contribution >= 4 is 47.8 Å². The molecule has 0 fully saturated rings. The van der Waals surface area contributed by atoms with E-state index in [0.29, 0.717) is 0 Å². The summed E-state index contributed by atoms with van der Waals surface area (Å²) in [4.78, 5) is 1.01. The molecule has 22 heteroatoms. The van der Waals surface area contributed by atoms with Crippen molar-refractivity contribution in [3.05, 3.63) is 30.3 Å². The van der Waals surface area contributed by atoms with Gasteiger partial charge in [0.25, 0.3) is 0 Å². The van der Waals surface area contributed by atoms with Crippen LogP contribution in [-0.2, 0) is 0 Å². The van der Waals surface area contributed by atoms with E-state index in [4.69, 9.17) is 18.1 Å². The van der Waals surface area contributed by atoms with Gasteiger partial charge < -0.3 is 0 Å². The molecule has 16 nitrogen and oxygen atoms in total. The van der Waals surface area contributed by atoms with Gasteiger partial charge >= 0.3 is 326 Å². The molecule has 0 N–H and O–H groups in total. The maximum atomic E-state index is 6.49. The zero-order valence-electron chi connectivity index (χ0n) is 37.2. The molecule has 0 saturated heterocycles. The van der Waals surface area contributed by atoms with E-state index in [1.807, 2.05) is 0 Å². The number of hydrogen-bond donors (Lipinski definition) is 0. The third-order valence-electron chi connectivity index (χ3n) is 8.56. The number of nitrogens with zero attached hydrogens (tertiary/aromatic N) is 16. The van der Waals surface area contributed by atoms with Gasteiger partial charge in [0.1, 0.15) is 0 Å². The van der Waals surface area contributed by atoms with Crippen molar-refractivity contribution in [2.75, 3.05) is 169 Å². The fraction of sp³-hybridized carbons (Fsp3) is 0.800. The van der Waals surface area contributed by atoms with Crippen molar-refractivity contribution in [1.82, 2.24) is 56.0 Å². The molecular formula is C30H77N16P5S. The van der Waals surface area contributed by atoms with Gasteiger partial charge in [-0.15, -0.1) is 0 Å². The predicted molar refractivity (Wildman–Crippen MR) is 241 cm³/mol. The van der Waals surface area contributed by atoms with Crippen LogP contribution in [0.2, 0.25) is 0 Å². The Morgan fingerprint density at radius 2 is 0.500 bits per heavy atom. The van der Waals surface area contributed by atoms with E-state index in [0.717, 1.165) is 4.90 Å². The Hall–Kier alpha value is 0.440. The molecule has 308 valence electrons. The molecule has 0 spiro atoms. The van der Waals surface area contributed by atoms with E-state index in [-0.39, 0.29) is 0 Å². The molecule has 0 atom stereocenters. The third kappa shape index (κ3) is 9.41. The van der Waals surface area contributed by atoms with Crippen LogP contribution < -0.4 is 0 Å². The summed E-state index contributed by atoms with van der Waals surface area (Å²) < 4.78 is 53.2. The van der Waals surface area contributed by atoms with Crippen LogP contribution in [0.15, 0.2) is 53.3 Å². The molecule has 0 bridgehead atoms. The monoisotopic (exact) mass is 848 g/mol. The first-order valence-corrected chi connectivity index (χ1v) is 26.9. The summed E-state index contributed by atoms with van der Waals surface area (Å²) in [5.74, 6) is 0. The van der Waals surface area contributed by atoms with E-state index in [9.17, 15) is 0 Å². The van der Waals surface area contributed by atoms with E-state index < -0.39 is 36.4 Å². The van der Waals surface area contributed by atoms with Crippen LogP contribution in [0.3, 0.4) is 0 Å². The van der Waals surface area contributed by atoms with Crippen molar-refractivity contribution in [1.29, 1.82) is 0 Å². The molecule has 0 heterocycles. The molecule has 52 heavy (non-hydrogen) atoms. The van der Waals surface area contributed by atoms with Gasteiger partial charge in [-0.25, -0.2) is 0 Å². The Kier molecular flexibility index (Phi) is 18.2. The summed E-state index contributed by atoms with van der Waals surface area (Å²) in [5, 5.41) is 0. The normalized spacial score (nSPS) is 15.2. The van der Waals surface area contributed by atoms with Gasteiger partial charge in [0.2, 0.25) is 0 Å². The zero-order chi connectivity index (χ0) is 41.0. The van der Waals surface area contributed by atoms with Crippen molar-refractivity contribution < 1.29 is 0 Å². The Morgan fingerprint density at radius 1 is 0.327 bits per heavy atom. The summed E-state index contributed by atoms with van der Waals surface area (Å²) in [7, 11) is 39.8. The first kappa shape index (κ1) is 50.5. The summed E-state index contributed by atoms with van der Waals surface area (Å²) in [6.07, 6.45) is -4.83. The number of benzene rings is 1. The van der Waals surface area contributed by atoms with Gasteiger partial charge in [-0.05, 0) is 0 Å². The Bertz CT molecular complexity index is 1240. The van der Waals surface area contributed by atoms with Crippen LogP contribution in [0.5, 0.6) is 0 Å². The first-order valence-electron chi connectivity index (χ1n) is 17.0. The van der Waals surface area contributed by atoms with Crippen LogP contribution >= 0.6 is 47.8 Å². The van der Waals surface area contributed by atoms with E-state index >= 15 is 0 Å². The fourth-order valence-electron chi connectivity index (χ4n) is 6.94. The molecule has 0 aromatic heterocycles. The van der Waals surface area contributed by atoms with Gasteiger partial charge in [0, 0.05) is 0 Å². The summed E-state index contributed by atoms with van der Waals surface area (Å²) in [6.45, 7) is 0. The topological polar surface area (TPSA) is 88.3 Å². The minimum absolute atomic E-state index is 1.01. The summed E-state index contributed by atoms with van der Waals surface area (Å²) in [6, 6.07) is 10.6. The third-order valence-corrected chi connectivity index (χ3v) is 35.3. The van der Waals surface area contributed by atoms with Crippen LogP contribution in [0.1, 0.15) is 0 Å². The molecule has 1 aromatic carbocycles. The predicted octanol–water partition coefficient (Wildman–Crippen LogP) is 7.43. The average Bonchev–Trinajstić information content (AvgIpc) is 2.99. The Morgan fingerprint density at radius 3 is 0.654 bits per heavy atom. The van der Waals surface area contributed by atoms with Crippen LogP contribution in [0, 0.1) is 0 Å². The Labute approximate surface area is 325 Å². The molecule has 0 amide bonds. The first-order chi connectivity index (χ1) is 23.5. The van der Waals surface area contributed by atoms with Gasteiger partial charge in [0.05, 0.1) is 0 Å². The van der Waals surface area contributed by atoms with Crippen molar-refractivity contribution in [3.63, 3.8) is 0 Å². The maximum absolute atomic E-state index is 6.49. The van der Waals surface area contributed by atoms with Gasteiger partial charge in [-0.2, -0.15) is 0 Å². The van der Waals surface area contributed by atoms with E-state index in [1.54, 1.807) is 11.4 Å². The standard InChI is InChI=1S/C30H77N16P5S/c1-35(2)47(36(3)4,37(5)6)31-51(52-30-28-26-25-27-29-30,32-48(38(7)8,39(9)10)40(11)12,33-49(41(13)14,42(15)16)43(17)18)34-50(44(19)20,45(21)22)46(23)24/h25-29H,1-24H3. The molecule has 0 unspecified atom stereocenters. The summed E-state index contributed by atoms with van der Waals surface area (Å²) >= 11 is 1.65. The van der Waals surface area contributed by atoms with E-state index in [1.165, 1.54) is 0 Å². The number of hydrogen-bond acceptors (Lipinski definition) is 5. The summed E-state index contributed by atoms with van der Waals surface area (Å²) in [5.41, 5.74) is 0. The second-order valence-corrected chi connectivity index (χ2v) is 36.6. The number of rotatable bonds is 18. The molecule has 1 rings (SSSR count). The SMILES string of the molecule is CN(C)P(=NP(N=P(N(C)C)(N(C)C)N(C)C)(N=P(N(C)C)(N(C)C)N(C)C)(N=P(N(C)C)(N(C)C)N(C)C)Sc1ccccc1)(N(C)C)N(C)C. The van der Waals surface area contributed by atoms with Crippen LogP contribution in [0.4, 0.5) is 0 Å². The molecule has 0 aliphatic heterocycles. The second kappa shape index (κ2) is 18.8. The Balaban J connectivity index is 6.01. The van der Waals surface area contributed by atoms with Crippen molar-refractivity contribution in [3.8, 4) is 0 Å². The minimum atomic E-state index is -4.83. The van der Waals surface area contributed by atoms with E-state index in [2.05, 4.69) is 256 Å². The van der Waals surface area contributed by atoms with Gasteiger partial charge in [-0.3, -0.25) is 0 Å². The zero-order valence-corrected chi connectivity index (χ0v) is 42.5. The molecule has 0 saturated carbocycles. The molecule has 1 aromatic rings. The molecule has 0 aliphatic rings. The quantitative estimate of drug-likeness (QED) is 0.138. The molecule has 0 radical (unpaired) electrons. The van der Waals surface area contributed by atoms with Crippen LogP contribution in [-0.4, -0.2) is 225 Å². The average molecular weight is 849 g/mol.